The summed E-state index contributed by atoms with van der Waals surface area (Å²) in [6.45, 7) is 3.01. The number of hydrogen-bond acceptors (Lipinski definition) is 15. The van der Waals surface area contributed by atoms with Crippen LogP contribution in [0.25, 0.3) is 21.5 Å². The summed E-state index contributed by atoms with van der Waals surface area (Å²) in [7, 11) is -6.32. The number of halogens is 2. The monoisotopic (exact) mass is 1090 g/mol. The normalized spacial score (nSPS) is 11.9. The van der Waals surface area contributed by atoms with E-state index in [0.29, 0.717) is 44.4 Å². The molecule has 0 radical (unpaired) electrons. The molecule has 23 heteroatoms. The quantitative estimate of drug-likeness (QED) is 0.0292. The molecule has 0 unspecified atom stereocenters. The molecule has 0 aliphatic heterocycles. The van der Waals surface area contributed by atoms with Crippen LogP contribution < -0.4 is 25.0 Å². The van der Waals surface area contributed by atoms with E-state index < -0.39 is 53.3 Å². The molecule has 0 saturated carbocycles. The van der Waals surface area contributed by atoms with Gasteiger partial charge in [0.1, 0.15) is 38.4 Å². The topological polar surface area (TPSA) is 284 Å². The van der Waals surface area contributed by atoms with Crippen molar-refractivity contribution in [1.29, 1.82) is 0 Å². The maximum atomic E-state index is 13.3. The first-order chi connectivity index (χ1) is 34.2. The van der Waals surface area contributed by atoms with Gasteiger partial charge in [-0.3, -0.25) is 18.9 Å². The van der Waals surface area contributed by atoms with Crippen molar-refractivity contribution in [1.82, 2.24) is 0 Å². The van der Waals surface area contributed by atoms with Gasteiger partial charge in [-0.1, -0.05) is 89.6 Å². The third-order valence-electron chi connectivity index (χ3n) is 10.8. The molecule has 0 aliphatic carbocycles. The molecule has 0 saturated heterocycles. The van der Waals surface area contributed by atoms with Gasteiger partial charge in [-0.15, -0.1) is 15.3 Å². The van der Waals surface area contributed by atoms with Crippen LogP contribution in [0, 0.1) is 13.8 Å². The molecule has 73 heavy (non-hydrogen) atoms. The average molecular weight is 1090 g/mol. The second-order valence-electron chi connectivity index (χ2n) is 15.4. The van der Waals surface area contributed by atoms with Crippen molar-refractivity contribution >= 4 is 149 Å². The van der Waals surface area contributed by atoms with Crippen LogP contribution in [-0.2, 0) is 20.2 Å². The molecule has 8 aromatic carbocycles. The van der Waals surface area contributed by atoms with E-state index in [1.807, 2.05) is 0 Å². The Balaban J connectivity index is 0.000000235. The van der Waals surface area contributed by atoms with E-state index in [1.54, 1.807) is 97.1 Å². The number of benzene rings is 8. The Labute approximate surface area is 457 Å². The van der Waals surface area contributed by atoms with E-state index in [9.17, 15) is 46.1 Å². The summed E-state index contributed by atoms with van der Waals surface area (Å²) in [5.41, 5.74) is 0.212. The third-order valence-corrected chi connectivity index (χ3v) is 13.4. The molecule has 0 bridgehead atoms. The van der Waals surface area contributed by atoms with Crippen LogP contribution in [0.3, 0.4) is 0 Å². The third kappa shape index (κ3) is 12.7. The molecule has 8 rings (SSSR count). The number of carbonyl (C=O) groups excluding carboxylic acids is 1. The zero-order valence-corrected chi connectivity index (χ0v) is 44.1. The Bertz CT molecular complexity index is 3790. The van der Waals surface area contributed by atoms with Crippen LogP contribution in [0.5, 0.6) is 23.0 Å². The minimum atomic E-state index is -4.66. The second-order valence-corrected chi connectivity index (χ2v) is 19.0. The number of hydrogen-bond donors (Lipinski definition) is 4. The summed E-state index contributed by atoms with van der Waals surface area (Å²) < 4.78 is 77.0. The first-order valence-electron chi connectivity index (χ1n) is 20.9. The molecule has 18 nitrogen and oxygen atoms in total. The number of phenols is 1. The number of rotatable bonds is 12. The van der Waals surface area contributed by atoms with Crippen molar-refractivity contribution in [2.24, 2.45) is 25.4 Å². The summed E-state index contributed by atoms with van der Waals surface area (Å²) in [4.78, 5) is 16.1. The fourth-order valence-corrected chi connectivity index (χ4v) is 8.74. The molecule has 368 valence electrons. The number of azo groups is 2. The first-order valence-corrected chi connectivity index (χ1v) is 24.5. The summed E-state index contributed by atoms with van der Waals surface area (Å²) in [6.07, 6.45) is 0. The number of phenolic OH excluding ortho intramolecular Hbond substituents is 1. The van der Waals surface area contributed by atoms with Crippen LogP contribution >= 0.6 is 23.2 Å². The van der Waals surface area contributed by atoms with Gasteiger partial charge in [0.2, 0.25) is 0 Å². The average Bonchev–Trinajstić information content (AvgIpc) is 3.34. The predicted octanol–water partition coefficient (Wildman–Crippen LogP) is 11.0. The zero-order chi connectivity index (χ0) is 52.1. The van der Waals surface area contributed by atoms with Gasteiger partial charge >= 0.3 is 37.7 Å². The molecular weight excluding hydrogens is 1050 g/mol. The van der Waals surface area contributed by atoms with Crippen molar-refractivity contribution in [3.63, 3.8) is 0 Å². The molecule has 0 heterocycles. The number of methoxy groups -OCH3 is 2. The number of fused-ring (bicyclic) bond motifs is 2. The van der Waals surface area contributed by atoms with Crippen molar-refractivity contribution in [3.05, 3.63) is 166 Å². The number of nitrogens with one attached hydrogen (secondary N) is 1. The number of aromatic hydroxyl groups is 1. The molecule has 0 aliphatic rings. The van der Waals surface area contributed by atoms with Gasteiger partial charge in [0.15, 0.2) is 5.75 Å². The van der Waals surface area contributed by atoms with Gasteiger partial charge in [0.05, 0.1) is 31.2 Å². The van der Waals surface area contributed by atoms with Gasteiger partial charge < -0.3 is 30.1 Å². The Morgan fingerprint density at radius 1 is 0.603 bits per heavy atom. The maximum absolute atomic E-state index is 13.3. The van der Waals surface area contributed by atoms with Gasteiger partial charge in [-0.2, -0.15) is 21.9 Å². The van der Waals surface area contributed by atoms with E-state index in [2.05, 4.69) is 30.8 Å². The standard InChI is InChI=1S/2C25H20ClN3O6S.Ca/c2*1-14-20(26)10-11-21(36(32,33)34)22(14)28-29-23-18-9-4-3-6-15(18)12-19(24(23)30)25(31)27-16-7-5-8-17(13-16)35-2;/h2*3-13,30H,1-2H3,(H,27,31)(H,32,33,34);/q;;+2/p-2. The van der Waals surface area contributed by atoms with Crippen LogP contribution in [0.2, 0.25) is 10.0 Å². The van der Waals surface area contributed by atoms with Crippen LogP contribution in [0.4, 0.5) is 34.1 Å². The van der Waals surface area contributed by atoms with Crippen molar-refractivity contribution in [3.8, 4) is 23.0 Å². The van der Waals surface area contributed by atoms with E-state index >= 15 is 0 Å². The number of anilines is 1. The SMILES string of the molecule is COc1cccc(N=C([O-])c2cc3ccccc3c(N=Nc3c(S(=O)(=O)O)ccc(Cl)c3C)c2[O-])c1.COc1cccc(NC(=O)c2cc3ccccc3c(N=Nc3c(S(=O)(=O)O)ccc(Cl)c3C)c2O)c1.[Ca+2]. The van der Waals surface area contributed by atoms with Crippen LogP contribution in [-0.4, -0.2) is 94.8 Å². The molecule has 4 N–H and O–H groups in total. The molecule has 0 atom stereocenters. The van der Waals surface area contributed by atoms with Crippen LogP contribution in [0.1, 0.15) is 27.0 Å². The second kappa shape index (κ2) is 23.4. The fraction of sp³-hybridized carbons (Fsp3) is 0.0800. The van der Waals surface area contributed by atoms with Crippen molar-refractivity contribution < 1.29 is 55.5 Å². The summed E-state index contributed by atoms with van der Waals surface area (Å²) in [5.74, 6) is -1.59. The number of nitrogens with zero attached hydrogens (tertiary/aromatic N) is 5. The molecule has 0 fully saturated rings. The first kappa shape index (κ1) is 55.6. The number of ether oxygens (including phenoxy) is 2. The smallest absolute Gasteiger partial charge is 0.871 e. The van der Waals surface area contributed by atoms with Gasteiger partial charge in [0, 0.05) is 38.6 Å². The molecule has 1 amide bonds. The van der Waals surface area contributed by atoms with Crippen molar-refractivity contribution in [2.45, 2.75) is 23.6 Å². The number of amides is 1. The Morgan fingerprint density at radius 2 is 1.07 bits per heavy atom. The minimum Gasteiger partial charge on any atom is -0.871 e. The minimum absolute atomic E-state index is 0. The van der Waals surface area contributed by atoms with E-state index in [0.717, 1.165) is 12.1 Å². The van der Waals surface area contributed by atoms with Crippen LogP contribution in [0.15, 0.2) is 169 Å². The molecule has 8 aromatic rings. The van der Waals surface area contributed by atoms with E-state index in [-0.39, 0.29) is 92.8 Å². The maximum Gasteiger partial charge on any atom is 2.00 e. The molecular formula is C50H38CaCl2N6O12S2. The zero-order valence-electron chi connectivity index (χ0n) is 38.7. The summed E-state index contributed by atoms with van der Waals surface area (Å²) in [5, 5.41) is 58.5. The number of aliphatic imine (C=N–C) groups is 1. The largest absolute Gasteiger partial charge is 2.00 e. The molecule has 0 spiro atoms. The Morgan fingerprint density at radius 3 is 1.60 bits per heavy atom. The Hall–Kier alpha value is -6.72. The van der Waals surface area contributed by atoms with Crippen molar-refractivity contribution in [2.75, 3.05) is 19.5 Å². The summed E-state index contributed by atoms with van der Waals surface area (Å²) >= 11 is 12.2. The predicted molar refractivity (Wildman–Crippen MR) is 275 cm³/mol. The van der Waals surface area contributed by atoms with Gasteiger partial charge in [0.25, 0.3) is 26.1 Å². The van der Waals surface area contributed by atoms with E-state index in [4.69, 9.17) is 32.7 Å². The van der Waals surface area contributed by atoms with Gasteiger partial charge in [-0.25, -0.2) is 0 Å². The van der Waals surface area contributed by atoms with E-state index in [1.165, 1.54) is 52.3 Å². The van der Waals surface area contributed by atoms with Gasteiger partial charge in [-0.05, 0) is 108 Å². The Kier molecular flexibility index (Phi) is 17.8. The fourth-order valence-electron chi connectivity index (χ4n) is 7.08. The molecule has 0 aromatic heterocycles. The summed E-state index contributed by atoms with van der Waals surface area (Å²) in [6, 6.07) is 34.5. The number of carbonyl (C=O) groups is 1.